The number of rotatable bonds is 4. The van der Waals surface area contributed by atoms with Gasteiger partial charge in [0.2, 0.25) is 5.91 Å². The van der Waals surface area contributed by atoms with Crippen LogP contribution in [0, 0.1) is 0 Å². The summed E-state index contributed by atoms with van der Waals surface area (Å²) in [6.07, 6.45) is 0. The van der Waals surface area contributed by atoms with Crippen molar-refractivity contribution >= 4 is 11.8 Å². The van der Waals surface area contributed by atoms with Crippen LogP contribution < -0.4 is 15.8 Å². The Morgan fingerprint density at radius 2 is 2.21 bits per heavy atom. The summed E-state index contributed by atoms with van der Waals surface area (Å²) in [5.41, 5.74) is 6.44. The van der Waals surface area contributed by atoms with E-state index in [1.165, 1.54) is 4.90 Å². The highest BCUT2D eigenvalue weighted by atomic mass is 16.5. The van der Waals surface area contributed by atoms with Gasteiger partial charge in [-0.1, -0.05) is 18.2 Å². The molecule has 1 aromatic carbocycles. The summed E-state index contributed by atoms with van der Waals surface area (Å²) in [4.78, 5) is 24.6. The largest absolute Gasteiger partial charge is 0.483 e. The number of benzene rings is 1. The van der Waals surface area contributed by atoms with Crippen LogP contribution in [0.4, 0.5) is 0 Å². The number of ether oxygens (including phenoxy) is 1. The molecular formula is C13H17N3O3. The smallest absolute Gasteiger partial charge is 0.261 e. The zero-order chi connectivity index (χ0) is 13.7. The van der Waals surface area contributed by atoms with Gasteiger partial charge in [-0.05, 0) is 6.07 Å². The molecule has 0 aromatic heterocycles. The Kier molecular flexibility index (Phi) is 4.35. The van der Waals surface area contributed by atoms with Gasteiger partial charge in [-0.25, -0.2) is 0 Å². The number of amides is 2. The molecule has 0 radical (unpaired) electrons. The first-order chi connectivity index (χ1) is 9.20. The van der Waals surface area contributed by atoms with E-state index in [0.29, 0.717) is 25.4 Å². The molecule has 19 heavy (non-hydrogen) atoms. The normalized spacial score (nSPS) is 15.0. The van der Waals surface area contributed by atoms with Crippen molar-refractivity contribution in [3.63, 3.8) is 0 Å². The molecule has 0 spiro atoms. The summed E-state index contributed by atoms with van der Waals surface area (Å²) in [6, 6.07) is 7.33. The van der Waals surface area contributed by atoms with Crippen molar-refractivity contribution in [1.82, 2.24) is 10.2 Å². The predicted molar refractivity (Wildman–Crippen MR) is 69.4 cm³/mol. The van der Waals surface area contributed by atoms with Gasteiger partial charge in [-0.15, -0.1) is 0 Å². The molecule has 6 nitrogen and oxygen atoms in total. The van der Waals surface area contributed by atoms with Crippen LogP contribution in [0.2, 0.25) is 0 Å². The maximum Gasteiger partial charge on any atom is 0.261 e. The topological polar surface area (TPSA) is 84.7 Å². The summed E-state index contributed by atoms with van der Waals surface area (Å²) < 4.78 is 5.48. The SMILES string of the molecule is NCc1ccccc1OCC(=O)N1CCNC(=O)C1. The van der Waals surface area contributed by atoms with Crippen molar-refractivity contribution in [3.8, 4) is 5.75 Å². The second-order valence-electron chi connectivity index (χ2n) is 4.27. The quantitative estimate of drug-likeness (QED) is 0.765. The first-order valence-corrected chi connectivity index (χ1v) is 6.16. The minimum Gasteiger partial charge on any atom is -0.483 e. The Labute approximate surface area is 111 Å². The van der Waals surface area contributed by atoms with E-state index >= 15 is 0 Å². The lowest BCUT2D eigenvalue weighted by molar-refractivity contribution is -0.139. The third-order valence-electron chi connectivity index (χ3n) is 2.93. The third kappa shape index (κ3) is 3.45. The fourth-order valence-electron chi connectivity index (χ4n) is 1.90. The molecule has 0 bridgehead atoms. The number of piperazine rings is 1. The average Bonchev–Trinajstić information content (AvgIpc) is 2.45. The van der Waals surface area contributed by atoms with Gasteiger partial charge in [0.25, 0.3) is 5.91 Å². The summed E-state index contributed by atoms with van der Waals surface area (Å²) in [5.74, 6) is 0.281. The van der Waals surface area contributed by atoms with Crippen molar-refractivity contribution in [1.29, 1.82) is 0 Å². The summed E-state index contributed by atoms with van der Waals surface area (Å²) in [5, 5.41) is 2.67. The van der Waals surface area contributed by atoms with Gasteiger partial charge in [-0.2, -0.15) is 0 Å². The van der Waals surface area contributed by atoms with Crippen LogP contribution in [0.15, 0.2) is 24.3 Å². The average molecular weight is 263 g/mol. The number of nitrogens with two attached hydrogens (primary N) is 1. The van der Waals surface area contributed by atoms with Crippen molar-refractivity contribution in [2.75, 3.05) is 26.2 Å². The molecule has 2 amide bonds. The third-order valence-corrected chi connectivity index (χ3v) is 2.93. The Morgan fingerprint density at radius 3 is 2.95 bits per heavy atom. The first kappa shape index (κ1) is 13.4. The highest BCUT2D eigenvalue weighted by molar-refractivity contribution is 5.86. The number of nitrogens with one attached hydrogen (secondary N) is 1. The van der Waals surface area contributed by atoms with E-state index in [9.17, 15) is 9.59 Å². The van der Waals surface area contributed by atoms with Crippen LogP contribution in [0.3, 0.4) is 0 Å². The molecule has 102 valence electrons. The molecule has 1 aliphatic heterocycles. The maximum absolute atomic E-state index is 11.9. The van der Waals surface area contributed by atoms with Crippen LogP contribution in [0.25, 0.3) is 0 Å². The number of nitrogens with zero attached hydrogens (tertiary/aromatic N) is 1. The van der Waals surface area contributed by atoms with Gasteiger partial charge in [0, 0.05) is 25.2 Å². The van der Waals surface area contributed by atoms with Gasteiger partial charge >= 0.3 is 0 Å². The molecule has 2 rings (SSSR count). The van der Waals surface area contributed by atoms with Crippen molar-refractivity contribution in [3.05, 3.63) is 29.8 Å². The lowest BCUT2D eigenvalue weighted by Crippen LogP contribution is -2.51. The second-order valence-corrected chi connectivity index (χ2v) is 4.27. The van der Waals surface area contributed by atoms with Gasteiger partial charge in [0.05, 0.1) is 6.54 Å². The monoisotopic (exact) mass is 263 g/mol. The molecule has 1 saturated heterocycles. The Bertz CT molecular complexity index is 476. The van der Waals surface area contributed by atoms with E-state index in [0.717, 1.165) is 5.56 Å². The van der Waals surface area contributed by atoms with Gasteiger partial charge in [0.15, 0.2) is 6.61 Å². The lowest BCUT2D eigenvalue weighted by atomic mass is 10.2. The summed E-state index contributed by atoms with van der Waals surface area (Å²) in [7, 11) is 0. The van der Waals surface area contributed by atoms with E-state index in [4.69, 9.17) is 10.5 Å². The molecule has 3 N–H and O–H groups in total. The van der Waals surface area contributed by atoms with E-state index in [2.05, 4.69) is 5.32 Å². The molecular weight excluding hydrogens is 246 g/mol. The van der Waals surface area contributed by atoms with Crippen LogP contribution in [-0.2, 0) is 16.1 Å². The van der Waals surface area contributed by atoms with E-state index in [1.807, 2.05) is 18.2 Å². The standard InChI is InChI=1S/C13H17N3O3/c14-7-10-3-1-2-4-11(10)19-9-13(18)16-6-5-15-12(17)8-16/h1-4H,5-9,14H2,(H,15,17). The molecule has 1 heterocycles. The number of carbonyl (C=O) groups is 2. The van der Waals surface area contributed by atoms with E-state index in [1.54, 1.807) is 6.07 Å². The first-order valence-electron chi connectivity index (χ1n) is 6.16. The van der Waals surface area contributed by atoms with Crippen LogP contribution in [0.5, 0.6) is 5.75 Å². The number of para-hydroxylation sites is 1. The molecule has 0 aliphatic carbocycles. The lowest BCUT2D eigenvalue weighted by Gasteiger charge is -2.26. The fourth-order valence-corrected chi connectivity index (χ4v) is 1.90. The Hall–Kier alpha value is -2.08. The predicted octanol–water partition coefficient (Wildman–Crippen LogP) is -0.517. The minimum atomic E-state index is -0.193. The fraction of sp³-hybridized carbons (Fsp3) is 0.385. The Morgan fingerprint density at radius 1 is 1.42 bits per heavy atom. The van der Waals surface area contributed by atoms with E-state index < -0.39 is 0 Å². The van der Waals surface area contributed by atoms with Gasteiger partial charge < -0.3 is 20.7 Å². The van der Waals surface area contributed by atoms with Crippen LogP contribution >= 0.6 is 0 Å². The number of hydrogen-bond donors (Lipinski definition) is 2. The molecule has 1 aromatic rings. The zero-order valence-electron chi connectivity index (χ0n) is 10.6. The van der Waals surface area contributed by atoms with Crippen molar-refractivity contribution in [2.24, 2.45) is 5.73 Å². The van der Waals surface area contributed by atoms with Crippen molar-refractivity contribution < 1.29 is 14.3 Å². The summed E-state index contributed by atoms with van der Waals surface area (Å²) in [6.45, 7) is 1.39. The van der Waals surface area contributed by atoms with Gasteiger partial charge in [0.1, 0.15) is 5.75 Å². The molecule has 1 fully saturated rings. The molecule has 0 saturated carbocycles. The molecule has 0 atom stereocenters. The number of carbonyl (C=O) groups excluding carboxylic acids is 2. The van der Waals surface area contributed by atoms with Crippen LogP contribution in [-0.4, -0.2) is 43.0 Å². The zero-order valence-corrected chi connectivity index (χ0v) is 10.6. The van der Waals surface area contributed by atoms with Crippen LogP contribution in [0.1, 0.15) is 5.56 Å². The molecule has 1 aliphatic rings. The molecule has 0 unspecified atom stereocenters. The highest BCUT2D eigenvalue weighted by Gasteiger charge is 2.21. The number of hydrogen-bond acceptors (Lipinski definition) is 4. The van der Waals surface area contributed by atoms with Gasteiger partial charge in [-0.3, -0.25) is 9.59 Å². The highest BCUT2D eigenvalue weighted by Crippen LogP contribution is 2.17. The van der Waals surface area contributed by atoms with Crippen molar-refractivity contribution in [2.45, 2.75) is 6.54 Å². The van der Waals surface area contributed by atoms with E-state index in [-0.39, 0.29) is 25.0 Å². The summed E-state index contributed by atoms with van der Waals surface area (Å²) >= 11 is 0. The molecule has 6 heteroatoms. The maximum atomic E-state index is 11.9. The second kappa shape index (κ2) is 6.19. The minimum absolute atomic E-state index is 0.0791. The Balaban J connectivity index is 1.91.